The number of allylic oxidation sites excluding steroid dienone is 1. The molecule has 2 fully saturated rings. The zero-order valence-electron chi connectivity index (χ0n) is 22.4. The number of hydrogen-bond acceptors (Lipinski definition) is 17. The Kier molecular flexibility index (Phi) is 11.8. The van der Waals surface area contributed by atoms with Gasteiger partial charge in [-0.2, -0.15) is 4.31 Å². The number of primary amides is 1. The molecule has 2 aromatic rings. The summed E-state index contributed by atoms with van der Waals surface area (Å²) in [5.41, 5.74) is 11.6. The molecule has 10 N–H and O–H groups in total. The number of carbonyl (C=O) groups is 1. The van der Waals surface area contributed by atoms with Crippen LogP contribution >= 0.6 is 15.6 Å². The van der Waals surface area contributed by atoms with Crippen LogP contribution in [0.15, 0.2) is 36.7 Å². The zero-order valence-corrected chi connectivity index (χ0v) is 24.2. The summed E-state index contributed by atoms with van der Waals surface area (Å²) in [6.45, 7) is -1.79. The number of nitrogen functional groups attached to an aromatic ring is 1. The SMILES string of the molecule is NC(=O)C1=CN([C@@H]2O[C@H](COP(=O)(O)OP(=O)(O)OC[C@H]3O[C@@H](n4cnc5c(N)ncnc54)[C@H](O)[C@@H]3O)[C@@H](O)[C@H]2O)C=CC1.[KH]. The Morgan fingerprint density at radius 2 is 1.53 bits per heavy atom. The first-order valence-electron chi connectivity index (χ1n) is 12.7. The van der Waals surface area contributed by atoms with Gasteiger partial charge in [0.05, 0.1) is 19.5 Å². The molecule has 2 aromatic heterocycles. The predicted molar refractivity (Wildman–Crippen MR) is 149 cm³/mol. The fraction of sp³-hybridized carbons (Fsp3) is 0.524. The van der Waals surface area contributed by atoms with Gasteiger partial charge in [-0.15, -0.1) is 0 Å². The number of nitrogens with two attached hydrogens (primary N) is 2. The van der Waals surface area contributed by atoms with Crippen molar-refractivity contribution < 1.29 is 67.0 Å². The third-order valence-corrected chi connectivity index (χ3v) is 9.48. The van der Waals surface area contributed by atoms with Crippen LogP contribution in [0.2, 0.25) is 0 Å². The number of fused-ring (bicyclic) bond motifs is 1. The van der Waals surface area contributed by atoms with Crippen molar-refractivity contribution in [1.29, 1.82) is 0 Å². The van der Waals surface area contributed by atoms with Crippen molar-refractivity contribution in [3.63, 3.8) is 0 Å². The Balaban J connectivity index is 0.00000461. The van der Waals surface area contributed by atoms with E-state index < -0.39 is 83.8 Å². The average Bonchev–Trinajstić information content (AvgIpc) is 3.61. The van der Waals surface area contributed by atoms with Gasteiger partial charge in [0.25, 0.3) is 0 Å². The summed E-state index contributed by atoms with van der Waals surface area (Å²) in [4.78, 5) is 44.6. The molecule has 244 valence electrons. The van der Waals surface area contributed by atoms with Crippen molar-refractivity contribution in [2.24, 2.45) is 5.73 Å². The van der Waals surface area contributed by atoms with Gasteiger partial charge >= 0.3 is 67.0 Å². The van der Waals surface area contributed by atoms with E-state index in [-0.39, 0.29) is 80.4 Å². The third-order valence-electron chi connectivity index (χ3n) is 6.88. The van der Waals surface area contributed by atoms with Gasteiger partial charge in [-0.3, -0.25) is 18.4 Å². The molecular weight excluding hydrogens is 675 g/mol. The molecule has 3 aliphatic heterocycles. The van der Waals surface area contributed by atoms with Crippen molar-refractivity contribution in [3.8, 4) is 0 Å². The number of anilines is 1. The van der Waals surface area contributed by atoms with Gasteiger partial charge in [-0.25, -0.2) is 24.1 Å². The molecule has 21 nitrogen and oxygen atoms in total. The molecule has 24 heteroatoms. The van der Waals surface area contributed by atoms with Crippen LogP contribution in [-0.2, 0) is 36.8 Å². The molecular formula is C21H30KN7O14P2. The molecule has 2 saturated heterocycles. The number of ether oxygens (including phenoxy) is 2. The van der Waals surface area contributed by atoms with Crippen LogP contribution in [0.4, 0.5) is 5.82 Å². The minimum atomic E-state index is -5.37. The molecule has 2 unspecified atom stereocenters. The van der Waals surface area contributed by atoms with Crippen LogP contribution in [0.1, 0.15) is 12.6 Å². The van der Waals surface area contributed by atoms with E-state index in [0.29, 0.717) is 0 Å². The Morgan fingerprint density at radius 1 is 0.956 bits per heavy atom. The van der Waals surface area contributed by atoms with Gasteiger partial charge in [0.2, 0.25) is 5.91 Å². The number of carbonyl (C=O) groups excluding carboxylic acids is 1. The second kappa shape index (κ2) is 14.5. The number of amides is 1. The number of imidazole rings is 1. The number of nitrogens with zero attached hydrogens (tertiary/aromatic N) is 5. The maximum atomic E-state index is 12.4. The molecule has 3 aliphatic rings. The quantitative estimate of drug-likeness (QED) is 0.0837. The van der Waals surface area contributed by atoms with Crippen LogP contribution in [-0.4, -0.2) is 168 Å². The number of rotatable bonds is 11. The van der Waals surface area contributed by atoms with Gasteiger partial charge in [0.1, 0.15) is 48.5 Å². The second-order valence-electron chi connectivity index (χ2n) is 9.84. The van der Waals surface area contributed by atoms with Gasteiger partial charge < -0.3 is 56.1 Å². The van der Waals surface area contributed by atoms with Crippen molar-refractivity contribution in [2.45, 2.75) is 55.5 Å². The second-order valence-corrected chi connectivity index (χ2v) is 12.9. The summed E-state index contributed by atoms with van der Waals surface area (Å²) in [7, 11) is -10.7. The predicted octanol–water partition coefficient (Wildman–Crippen LogP) is -3.33. The summed E-state index contributed by atoms with van der Waals surface area (Å²) >= 11 is 0. The van der Waals surface area contributed by atoms with E-state index in [4.69, 9.17) is 30.0 Å². The van der Waals surface area contributed by atoms with E-state index in [9.17, 15) is 44.1 Å². The molecule has 10 atom stereocenters. The van der Waals surface area contributed by atoms with E-state index in [0.717, 1.165) is 6.33 Å². The Labute approximate surface area is 296 Å². The number of hydrogen-bond donors (Lipinski definition) is 8. The summed E-state index contributed by atoms with van der Waals surface area (Å²) in [5, 5.41) is 41.6. The Morgan fingerprint density at radius 3 is 2.13 bits per heavy atom. The van der Waals surface area contributed by atoms with Gasteiger partial charge in [0, 0.05) is 18.0 Å². The van der Waals surface area contributed by atoms with Gasteiger partial charge in [-0.05, 0) is 6.42 Å². The number of aliphatic hydroxyl groups is 4. The van der Waals surface area contributed by atoms with Gasteiger partial charge in [-0.1, -0.05) is 6.08 Å². The summed E-state index contributed by atoms with van der Waals surface area (Å²) < 4.78 is 50.8. The van der Waals surface area contributed by atoms with E-state index >= 15 is 0 Å². The first-order valence-corrected chi connectivity index (χ1v) is 15.7. The summed E-state index contributed by atoms with van der Waals surface area (Å²) in [6, 6.07) is 0. The van der Waals surface area contributed by atoms with Gasteiger partial charge in [0.15, 0.2) is 23.9 Å². The van der Waals surface area contributed by atoms with Crippen LogP contribution in [0.3, 0.4) is 0 Å². The first kappa shape index (κ1) is 36.6. The Bertz CT molecular complexity index is 1560. The first-order chi connectivity index (χ1) is 20.7. The topological polar surface area (TPSA) is 318 Å². The zero-order chi connectivity index (χ0) is 32.0. The Hall–Kier alpha value is -1.24. The molecule has 0 aliphatic carbocycles. The van der Waals surface area contributed by atoms with Crippen molar-refractivity contribution >= 4 is 89.9 Å². The third kappa shape index (κ3) is 8.08. The normalized spacial score (nSPS) is 32.6. The number of phosphoric acid groups is 2. The number of phosphoric ester groups is 2. The molecule has 5 rings (SSSR count). The number of aromatic nitrogens is 4. The van der Waals surface area contributed by atoms with Crippen molar-refractivity contribution in [2.75, 3.05) is 18.9 Å². The summed E-state index contributed by atoms with van der Waals surface area (Å²) in [6.07, 6.45) is -4.88. The van der Waals surface area contributed by atoms with Crippen molar-refractivity contribution in [3.05, 3.63) is 36.7 Å². The fourth-order valence-electron chi connectivity index (χ4n) is 4.68. The average molecular weight is 706 g/mol. The molecule has 1 amide bonds. The van der Waals surface area contributed by atoms with E-state index in [1.165, 1.54) is 28.2 Å². The van der Waals surface area contributed by atoms with E-state index in [1.54, 1.807) is 6.08 Å². The van der Waals surface area contributed by atoms with Crippen LogP contribution in [0, 0.1) is 0 Å². The fourth-order valence-corrected chi connectivity index (χ4v) is 6.77. The van der Waals surface area contributed by atoms with Crippen LogP contribution < -0.4 is 11.5 Å². The maximum absolute atomic E-state index is 12.4. The monoisotopic (exact) mass is 705 g/mol. The molecule has 0 saturated carbocycles. The minimum absolute atomic E-state index is 0. The molecule has 0 radical (unpaired) electrons. The van der Waals surface area contributed by atoms with E-state index in [2.05, 4.69) is 19.3 Å². The molecule has 0 aromatic carbocycles. The molecule has 0 bridgehead atoms. The molecule has 5 heterocycles. The molecule has 0 spiro atoms. The van der Waals surface area contributed by atoms with Crippen LogP contribution in [0.5, 0.6) is 0 Å². The summed E-state index contributed by atoms with van der Waals surface area (Å²) in [5.74, 6) is -0.658. The molecule has 45 heavy (non-hydrogen) atoms. The number of aliphatic hydroxyl groups excluding tert-OH is 4. The van der Waals surface area contributed by atoms with Crippen molar-refractivity contribution in [1.82, 2.24) is 24.4 Å². The standard InChI is InChI=1S/C21H29N7O14P2.K.H/c22-17-12-19(25-7-24-17)28(8-26-12)21-16(32)14(30)11(41-21)6-39-44(36,37)42-43(34,35)38-5-10-13(29)15(31)20(40-10)27-3-1-2-9(4-27)18(23)33;;/h1,3-4,7-8,10-11,13-16,20-21,29-32H,2,5-6H2,(H2,23,33)(H,34,35)(H,36,37)(H2,22,24,25);;/t10-,11-,13-,14-,15-,16-,20-,21-;;/m1../s1. The van der Waals surface area contributed by atoms with Crippen LogP contribution in [0.25, 0.3) is 11.2 Å². The van der Waals surface area contributed by atoms with E-state index in [1.807, 2.05) is 0 Å².